The maximum Gasteiger partial charge on any atom is 0.0433 e. The predicted octanol–water partition coefficient (Wildman–Crippen LogP) is 3.86. The Bertz CT molecular complexity index is 234. The molecule has 0 bridgehead atoms. The van der Waals surface area contributed by atoms with Gasteiger partial charge in [-0.1, -0.05) is 33.6 Å². The number of fused-ring (bicyclic) bond motifs is 1. The largest absolute Gasteiger partial charge is 0.396 e. The lowest BCUT2D eigenvalue weighted by Crippen LogP contribution is -2.25. The van der Waals surface area contributed by atoms with Crippen LogP contribution in [0.2, 0.25) is 0 Å². The van der Waals surface area contributed by atoms with Gasteiger partial charge in [-0.15, -0.1) is 0 Å². The molecule has 2 rings (SSSR count). The fourth-order valence-corrected chi connectivity index (χ4v) is 4.03. The van der Waals surface area contributed by atoms with Crippen LogP contribution in [0.3, 0.4) is 0 Å². The molecule has 0 saturated heterocycles. The smallest absolute Gasteiger partial charge is 0.0433 e. The number of hydrogen-bond acceptors (Lipinski definition) is 1. The summed E-state index contributed by atoms with van der Waals surface area (Å²) in [6.45, 7) is 7.68. The summed E-state index contributed by atoms with van der Waals surface area (Å²) < 4.78 is 0. The Morgan fingerprint density at radius 1 is 1.25 bits per heavy atom. The highest BCUT2D eigenvalue weighted by Gasteiger charge is 2.45. The van der Waals surface area contributed by atoms with E-state index in [4.69, 9.17) is 0 Å². The Hall–Kier alpha value is -0.0400. The Balaban J connectivity index is 2.03. The van der Waals surface area contributed by atoms with E-state index < -0.39 is 0 Å². The molecule has 0 spiro atoms. The lowest BCUT2D eigenvalue weighted by atomic mass is 9.71. The molecule has 4 unspecified atom stereocenters. The van der Waals surface area contributed by atoms with Gasteiger partial charge in [-0.05, 0) is 54.8 Å². The van der Waals surface area contributed by atoms with Gasteiger partial charge < -0.3 is 5.11 Å². The van der Waals surface area contributed by atoms with Crippen LogP contribution in [0.1, 0.15) is 59.3 Å². The molecule has 0 aromatic carbocycles. The average molecular weight is 224 g/mol. The van der Waals surface area contributed by atoms with Gasteiger partial charge in [0.1, 0.15) is 0 Å². The minimum Gasteiger partial charge on any atom is -0.396 e. The second-order valence-corrected chi connectivity index (χ2v) is 6.97. The topological polar surface area (TPSA) is 20.2 Å². The number of hydrogen-bond donors (Lipinski definition) is 1. The van der Waals surface area contributed by atoms with E-state index in [1.807, 2.05) is 0 Å². The highest BCUT2D eigenvalue weighted by Crippen LogP contribution is 2.55. The third-order valence-corrected chi connectivity index (χ3v) is 5.29. The molecule has 1 N–H and O–H groups in total. The summed E-state index contributed by atoms with van der Waals surface area (Å²) in [5.74, 6) is 3.73. The van der Waals surface area contributed by atoms with E-state index in [0.717, 1.165) is 30.1 Å². The molecular formula is C15H28O. The monoisotopic (exact) mass is 224 g/mol. The third-order valence-electron chi connectivity index (χ3n) is 5.29. The van der Waals surface area contributed by atoms with Crippen LogP contribution >= 0.6 is 0 Å². The third kappa shape index (κ3) is 2.61. The van der Waals surface area contributed by atoms with Crippen molar-refractivity contribution >= 4 is 0 Å². The van der Waals surface area contributed by atoms with Crippen LogP contribution in [0.4, 0.5) is 0 Å². The molecule has 2 fully saturated rings. The number of aliphatic hydroxyl groups is 1. The molecule has 1 heteroatoms. The highest BCUT2D eigenvalue weighted by atomic mass is 16.3. The first-order valence-electron chi connectivity index (χ1n) is 7.15. The summed E-state index contributed by atoms with van der Waals surface area (Å²) in [5.41, 5.74) is 0.451. The molecule has 0 aromatic heterocycles. The van der Waals surface area contributed by atoms with E-state index in [0.29, 0.717) is 12.0 Å². The number of rotatable bonds is 2. The van der Waals surface area contributed by atoms with E-state index >= 15 is 0 Å². The van der Waals surface area contributed by atoms with Gasteiger partial charge >= 0.3 is 0 Å². The van der Waals surface area contributed by atoms with E-state index in [2.05, 4.69) is 20.8 Å². The summed E-state index contributed by atoms with van der Waals surface area (Å²) >= 11 is 0. The van der Waals surface area contributed by atoms with Crippen molar-refractivity contribution in [2.75, 3.05) is 6.61 Å². The molecule has 2 aliphatic rings. The molecule has 1 nitrogen and oxygen atoms in total. The van der Waals surface area contributed by atoms with Gasteiger partial charge in [0.25, 0.3) is 0 Å². The maximum atomic E-state index is 9.21. The SMILES string of the molecule is CC1CCCC(CCO)C(C)(C)CC2CC12. The molecule has 0 aromatic rings. The zero-order valence-electron chi connectivity index (χ0n) is 11.2. The molecule has 94 valence electrons. The summed E-state index contributed by atoms with van der Waals surface area (Å²) in [4.78, 5) is 0. The zero-order chi connectivity index (χ0) is 11.8. The van der Waals surface area contributed by atoms with E-state index in [1.165, 1.54) is 32.1 Å². The predicted molar refractivity (Wildman–Crippen MR) is 68.2 cm³/mol. The zero-order valence-corrected chi connectivity index (χ0v) is 11.2. The lowest BCUT2D eigenvalue weighted by Gasteiger charge is -2.34. The molecule has 16 heavy (non-hydrogen) atoms. The van der Waals surface area contributed by atoms with Crippen LogP contribution in [0.15, 0.2) is 0 Å². The fourth-order valence-electron chi connectivity index (χ4n) is 4.03. The molecule has 0 amide bonds. The van der Waals surface area contributed by atoms with Gasteiger partial charge in [-0.2, -0.15) is 0 Å². The van der Waals surface area contributed by atoms with Crippen LogP contribution in [0, 0.1) is 29.1 Å². The van der Waals surface area contributed by atoms with Crippen LogP contribution in [0.5, 0.6) is 0 Å². The summed E-state index contributed by atoms with van der Waals surface area (Å²) in [6.07, 6.45) is 8.01. The first kappa shape index (κ1) is 12.4. The maximum absolute atomic E-state index is 9.21. The molecule has 2 aliphatic carbocycles. The Morgan fingerprint density at radius 2 is 2.00 bits per heavy atom. The van der Waals surface area contributed by atoms with Crippen LogP contribution in [-0.4, -0.2) is 11.7 Å². The second-order valence-electron chi connectivity index (χ2n) is 6.97. The second kappa shape index (κ2) is 4.68. The van der Waals surface area contributed by atoms with Gasteiger partial charge in [0, 0.05) is 6.61 Å². The van der Waals surface area contributed by atoms with E-state index in [1.54, 1.807) is 0 Å². The molecule has 2 saturated carbocycles. The summed E-state index contributed by atoms with van der Waals surface area (Å²) in [7, 11) is 0. The van der Waals surface area contributed by atoms with Gasteiger partial charge in [0.2, 0.25) is 0 Å². The van der Waals surface area contributed by atoms with Crippen molar-refractivity contribution in [2.24, 2.45) is 29.1 Å². The van der Waals surface area contributed by atoms with Gasteiger partial charge in [0.15, 0.2) is 0 Å². The van der Waals surface area contributed by atoms with Crippen molar-refractivity contribution in [1.29, 1.82) is 0 Å². The quantitative estimate of drug-likeness (QED) is 0.755. The lowest BCUT2D eigenvalue weighted by molar-refractivity contribution is 0.131. The van der Waals surface area contributed by atoms with Gasteiger partial charge in [-0.3, -0.25) is 0 Å². The molecule has 4 atom stereocenters. The Kier molecular flexibility index (Phi) is 3.63. The molecular weight excluding hydrogens is 196 g/mol. The van der Waals surface area contributed by atoms with Crippen molar-refractivity contribution in [3.8, 4) is 0 Å². The average Bonchev–Trinajstić information content (AvgIpc) is 2.93. The van der Waals surface area contributed by atoms with E-state index in [9.17, 15) is 5.11 Å². The Morgan fingerprint density at radius 3 is 2.69 bits per heavy atom. The minimum atomic E-state index is 0.373. The van der Waals surface area contributed by atoms with Crippen LogP contribution in [0.25, 0.3) is 0 Å². The van der Waals surface area contributed by atoms with Gasteiger partial charge in [0.05, 0.1) is 0 Å². The normalized spacial score (nSPS) is 42.8. The van der Waals surface area contributed by atoms with Crippen molar-refractivity contribution in [3.05, 3.63) is 0 Å². The van der Waals surface area contributed by atoms with Crippen molar-refractivity contribution < 1.29 is 5.11 Å². The van der Waals surface area contributed by atoms with Crippen molar-refractivity contribution in [2.45, 2.75) is 59.3 Å². The van der Waals surface area contributed by atoms with Crippen LogP contribution in [-0.2, 0) is 0 Å². The highest BCUT2D eigenvalue weighted by molar-refractivity contribution is 4.95. The standard InChI is InChI=1S/C15H28O/c1-11-5-4-6-13(7-8-16)15(2,3)10-12-9-14(11)12/h11-14,16H,4-10H2,1-3H3. The van der Waals surface area contributed by atoms with Crippen LogP contribution < -0.4 is 0 Å². The first-order chi connectivity index (χ1) is 7.54. The fraction of sp³-hybridized carbons (Fsp3) is 1.00. The van der Waals surface area contributed by atoms with Crippen molar-refractivity contribution in [3.63, 3.8) is 0 Å². The summed E-state index contributed by atoms with van der Waals surface area (Å²) in [6, 6.07) is 0. The first-order valence-corrected chi connectivity index (χ1v) is 7.15. The number of aliphatic hydroxyl groups excluding tert-OH is 1. The molecule has 0 heterocycles. The summed E-state index contributed by atoms with van der Waals surface area (Å²) in [5, 5.41) is 9.21. The Labute approximate surface area is 101 Å². The van der Waals surface area contributed by atoms with Gasteiger partial charge in [-0.25, -0.2) is 0 Å². The molecule has 0 aliphatic heterocycles. The minimum absolute atomic E-state index is 0.373. The van der Waals surface area contributed by atoms with Crippen molar-refractivity contribution in [1.82, 2.24) is 0 Å². The van der Waals surface area contributed by atoms with E-state index in [-0.39, 0.29) is 0 Å². The molecule has 0 radical (unpaired) electrons.